The van der Waals surface area contributed by atoms with Crippen LogP contribution in [0.15, 0.2) is 54.9 Å². The van der Waals surface area contributed by atoms with E-state index in [1.165, 1.54) is 12.4 Å². The van der Waals surface area contributed by atoms with Crippen molar-refractivity contribution >= 4 is 22.4 Å². The summed E-state index contributed by atoms with van der Waals surface area (Å²) in [6.45, 7) is 1.61. The highest BCUT2D eigenvalue weighted by atomic mass is 19.1. The molecule has 0 spiro atoms. The van der Waals surface area contributed by atoms with Crippen LogP contribution in [0.3, 0.4) is 0 Å². The van der Waals surface area contributed by atoms with E-state index in [-0.39, 0.29) is 5.82 Å². The quantitative estimate of drug-likeness (QED) is 0.681. The molecule has 0 fully saturated rings. The minimum Gasteiger partial charge on any atom is -0.385 e. The van der Waals surface area contributed by atoms with Gasteiger partial charge in [-0.3, -0.25) is 0 Å². The highest BCUT2D eigenvalue weighted by Gasteiger charge is 2.06. The Morgan fingerprint density at radius 2 is 1.68 bits per heavy atom. The molecule has 3 rings (SSSR count). The number of benzene rings is 2. The molecule has 0 bridgehead atoms. The molecule has 0 amide bonds. The van der Waals surface area contributed by atoms with Crippen LogP contribution in [0.4, 0.5) is 15.9 Å². The van der Waals surface area contributed by atoms with Crippen LogP contribution in [0, 0.1) is 5.82 Å². The maximum Gasteiger partial charge on any atom is 0.149 e. The van der Waals surface area contributed by atoms with Gasteiger partial charge in [-0.2, -0.15) is 0 Å². The fourth-order valence-corrected chi connectivity index (χ4v) is 2.28. The number of aromatic nitrogens is 2. The summed E-state index contributed by atoms with van der Waals surface area (Å²) >= 11 is 0. The van der Waals surface area contributed by atoms with Gasteiger partial charge in [-0.1, -0.05) is 24.3 Å². The molecule has 0 radical (unpaired) electrons. The Hall–Kier alpha value is -2.69. The maximum absolute atomic E-state index is 13.7. The Morgan fingerprint density at radius 1 is 0.864 bits per heavy atom. The van der Waals surface area contributed by atoms with E-state index in [0.717, 1.165) is 25.2 Å². The summed E-state index contributed by atoms with van der Waals surface area (Å²) in [5.41, 5.74) is 1.46. The normalized spacial score (nSPS) is 10.6. The van der Waals surface area contributed by atoms with Crippen LogP contribution in [0.5, 0.6) is 0 Å². The smallest absolute Gasteiger partial charge is 0.149 e. The van der Waals surface area contributed by atoms with Crippen molar-refractivity contribution in [1.82, 2.24) is 9.97 Å². The second-order valence-corrected chi connectivity index (χ2v) is 4.93. The van der Waals surface area contributed by atoms with Crippen molar-refractivity contribution in [2.24, 2.45) is 0 Å². The summed E-state index contributed by atoms with van der Waals surface area (Å²) in [6, 6.07) is 15.0. The number of para-hydroxylation sites is 2. The first-order chi connectivity index (χ1) is 10.8. The molecule has 0 aliphatic heterocycles. The van der Waals surface area contributed by atoms with Gasteiger partial charge in [0.15, 0.2) is 0 Å². The van der Waals surface area contributed by atoms with Crippen molar-refractivity contribution in [3.05, 3.63) is 60.7 Å². The summed E-state index contributed by atoms with van der Waals surface area (Å²) in [5.74, 6) is 0.345. The first kappa shape index (κ1) is 14.3. The molecule has 5 heteroatoms. The Morgan fingerprint density at radius 3 is 2.55 bits per heavy atom. The van der Waals surface area contributed by atoms with Crippen LogP contribution in [-0.2, 0) is 0 Å². The Labute approximate surface area is 128 Å². The number of nitrogens with zero attached hydrogens (tertiary/aromatic N) is 2. The third-order valence-corrected chi connectivity index (χ3v) is 3.36. The van der Waals surface area contributed by atoms with Gasteiger partial charge in [0.1, 0.15) is 23.5 Å². The molecule has 1 heterocycles. The van der Waals surface area contributed by atoms with Crippen LogP contribution in [0.2, 0.25) is 0 Å². The van der Waals surface area contributed by atoms with E-state index in [0.29, 0.717) is 16.7 Å². The molecule has 3 aromatic rings. The summed E-state index contributed by atoms with van der Waals surface area (Å²) in [4.78, 5) is 8.18. The van der Waals surface area contributed by atoms with Gasteiger partial charge >= 0.3 is 0 Å². The minimum absolute atomic E-state index is 0.325. The number of hydrogen-bond donors (Lipinski definition) is 2. The van der Waals surface area contributed by atoms with Crippen molar-refractivity contribution in [1.29, 1.82) is 0 Å². The predicted octanol–water partition coefficient (Wildman–Crippen LogP) is 3.68. The van der Waals surface area contributed by atoms with Gasteiger partial charge < -0.3 is 10.6 Å². The summed E-state index contributed by atoms with van der Waals surface area (Å²) < 4.78 is 13.7. The first-order valence-corrected chi connectivity index (χ1v) is 7.26. The number of nitrogens with one attached hydrogen (secondary N) is 2. The van der Waals surface area contributed by atoms with Gasteiger partial charge in [0.05, 0.1) is 0 Å². The minimum atomic E-state index is -0.325. The lowest BCUT2D eigenvalue weighted by molar-refractivity contribution is 0.636. The van der Waals surface area contributed by atoms with E-state index in [1.54, 1.807) is 6.07 Å². The Kier molecular flexibility index (Phi) is 4.44. The average molecular weight is 296 g/mol. The largest absolute Gasteiger partial charge is 0.385 e. The SMILES string of the molecule is Fc1cccc2c(NCCCNc3ccccc3)ncnc12. The van der Waals surface area contributed by atoms with Crippen LogP contribution in [-0.4, -0.2) is 23.1 Å². The van der Waals surface area contributed by atoms with Gasteiger partial charge in [-0.15, -0.1) is 0 Å². The van der Waals surface area contributed by atoms with Crippen molar-refractivity contribution in [3.63, 3.8) is 0 Å². The summed E-state index contributed by atoms with van der Waals surface area (Å²) in [5, 5.41) is 7.29. The van der Waals surface area contributed by atoms with Gasteiger partial charge in [0.2, 0.25) is 0 Å². The molecule has 0 saturated carbocycles. The molecule has 0 aliphatic carbocycles. The zero-order chi connectivity index (χ0) is 15.2. The second-order valence-electron chi connectivity index (χ2n) is 4.93. The highest BCUT2D eigenvalue weighted by Crippen LogP contribution is 2.20. The predicted molar refractivity (Wildman–Crippen MR) is 87.5 cm³/mol. The molecule has 22 heavy (non-hydrogen) atoms. The van der Waals surface area contributed by atoms with E-state index in [1.807, 2.05) is 36.4 Å². The highest BCUT2D eigenvalue weighted by molar-refractivity contribution is 5.89. The summed E-state index contributed by atoms with van der Waals surface area (Å²) in [7, 11) is 0. The van der Waals surface area contributed by atoms with Gasteiger partial charge in [-0.05, 0) is 30.7 Å². The van der Waals surface area contributed by atoms with E-state index >= 15 is 0 Å². The van der Waals surface area contributed by atoms with Crippen LogP contribution in [0.25, 0.3) is 10.9 Å². The molecule has 0 aliphatic rings. The molecule has 112 valence electrons. The molecular formula is C17H17FN4. The third kappa shape index (κ3) is 3.31. The van der Waals surface area contributed by atoms with Crippen molar-refractivity contribution in [2.75, 3.05) is 23.7 Å². The molecular weight excluding hydrogens is 279 g/mol. The number of rotatable bonds is 6. The van der Waals surface area contributed by atoms with Crippen molar-refractivity contribution < 1.29 is 4.39 Å². The van der Waals surface area contributed by atoms with Crippen molar-refractivity contribution in [2.45, 2.75) is 6.42 Å². The lowest BCUT2D eigenvalue weighted by Crippen LogP contribution is -2.10. The standard InChI is InChI=1S/C17H17FN4/c18-15-9-4-8-14-16(15)21-12-22-17(14)20-11-5-10-19-13-6-2-1-3-7-13/h1-4,6-9,12,19H,5,10-11H2,(H,20,21,22). The molecule has 0 atom stereocenters. The second kappa shape index (κ2) is 6.85. The lowest BCUT2D eigenvalue weighted by Gasteiger charge is -2.09. The molecule has 1 aromatic heterocycles. The van der Waals surface area contributed by atoms with Crippen molar-refractivity contribution in [3.8, 4) is 0 Å². The monoisotopic (exact) mass is 296 g/mol. The van der Waals surface area contributed by atoms with E-state index < -0.39 is 0 Å². The summed E-state index contributed by atoms with van der Waals surface area (Å²) in [6.07, 6.45) is 2.31. The lowest BCUT2D eigenvalue weighted by atomic mass is 10.2. The van der Waals surface area contributed by atoms with Crippen LogP contribution in [0.1, 0.15) is 6.42 Å². The molecule has 2 N–H and O–H groups in total. The van der Waals surface area contributed by atoms with Crippen LogP contribution < -0.4 is 10.6 Å². The van der Waals surface area contributed by atoms with E-state index in [4.69, 9.17) is 0 Å². The fraction of sp³-hybridized carbons (Fsp3) is 0.176. The zero-order valence-corrected chi connectivity index (χ0v) is 12.1. The molecule has 2 aromatic carbocycles. The average Bonchev–Trinajstić information content (AvgIpc) is 2.56. The first-order valence-electron chi connectivity index (χ1n) is 7.26. The number of hydrogen-bond acceptors (Lipinski definition) is 4. The topological polar surface area (TPSA) is 49.8 Å². The Balaban J connectivity index is 1.55. The number of fused-ring (bicyclic) bond motifs is 1. The molecule has 0 saturated heterocycles. The fourth-order valence-electron chi connectivity index (χ4n) is 2.28. The zero-order valence-electron chi connectivity index (χ0n) is 12.1. The van der Waals surface area contributed by atoms with Gasteiger partial charge in [-0.25, -0.2) is 14.4 Å². The molecule has 0 unspecified atom stereocenters. The van der Waals surface area contributed by atoms with Gasteiger partial charge in [0.25, 0.3) is 0 Å². The molecule has 4 nitrogen and oxygen atoms in total. The third-order valence-electron chi connectivity index (χ3n) is 3.36. The number of anilines is 2. The van der Waals surface area contributed by atoms with E-state index in [9.17, 15) is 4.39 Å². The van der Waals surface area contributed by atoms with Gasteiger partial charge in [0, 0.05) is 24.2 Å². The van der Waals surface area contributed by atoms with E-state index in [2.05, 4.69) is 20.6 Å². The Bertz CT molecular complexity index is 746. The maximum atomic E-state index is 13.7. The van der Waals surface area contributed by atoms with Crippen LogP contribution >= 0.6 is 0 Å². The number of halogens is 1.